The summed E-state index contributed by atoms with van der Waals surface area (Å²) in [6, 6.07) is 8.10. The van der Waals surface area contributed by atoms with Gasteiger partial charge in [0.05, 0.1) is 19.1 Å². The molecule has 6 heteroatoms. The molecule has 0 aromatic heterocycles. The first kappa shape index (κ1) is 19.2. The summed E-state index contributed by atoms with van der Waals surface area (Å²) in [4.78, 5) is 35.3. The van der Waals surface area contributed by atoms with Crippen LogP contribution in [-0.4, -0.2) is 29.9 Å². The highest BCUT2D eigenvalue weighted by atomic mass is 16.5. The quantitative estimate of drug-likeness (QED) is 0.775. The Balaban J connectivity index is 2.27. The van der Waals surface area contributed by atoms with Crippen molar-refractivity contribution < 1.29 is 24.2 Å². The summed E-state index contributed by atoms with van der Waals surface area (Å²) >= 11 is 0. The maximum absolute atomic E-state index is 12.5. The number of carboxylic acids is 1. The summed E-state index contributed by atoms with van der Waals surface area (Å²) in [5.41, 5.74) is 3.06. The van der Waals surface area contributed by atoms with E-state index in [2.05, 4.69) is 5.32 Å². The van der Waals surface area contributed by atoms with Crippen LogP contribution in [0.5, 0.6) is 5.75 Å². The fourth-order valence-electron chi connectivity index (χ4n) is 2.72. The number of benzene rings is 2. The number of anilines is 1. The number of rotatable bonds is 6. The second-order valence-electron chi connectivity index (χ2n) is 6.09. The highest BCUT2D eigenvalue weighted by molar-refractivity contribution is 5.98. The number of aromatic carboxylic acids is 1. The van der Waals surface area contributed by atoms with E-state index >= 15 is 0 Å². The third-order valence-electron chi connectivity index (χ3n) is 4.11. The predicted molar refractivity (Wildman–Crippen MR) is 98.2 cm³/mol. The number of carboxylic acid groups (broad SMARTS) is 1. The van der Waals surface area contributed by atoms with Gasteiger partial charge in [-0.05, 0) is 56.2 Å². The monoisotopic (exact) mass is 355 g/mol. The van der Waals surface area contributed by atoms with Crippen molar-refractivity contribution in [3.63, 3.8) is 0 Å². The highest BCUT2D eigenvalue weighted by Gasteiger charge is 2.15. The molecule has 0 fully saturated rings. The molecule has 0 unspecified atom stereocenters. The van der Waals surface area contributed by atoms with Gasteiger partial charge in [-0.2, -0.15) is 0 Å². The zero-order valence-corrected chi connectivity index (χ0v) is 15.2. The van der Waals surface area contributed by atoms with Gasteiger partial charge in [-0.1, -0.05) is 6.07 Å². The molecular formula is C20H21NO5. The van der Waals surface area contributed by atoms with Gasteiger partial charge < -0.3 is 15.2 Å². The normalized spacial score (nSPS) is 10.3. The molecule has 2 rings (SSSR count). The summed E-state index contributed by atoms with van der Waals surface area (Å²) in [6.07, 6.45) is 0.0000144. The van der Waals surface area contributed by atoms with Crippen molar-refractivity contribution in [2.45, 2.75) is 27.2 Å². The standard InChI is InChI=1S/C20H21NO5/c1-11-7-12(2)17(10-16(11)20(24)25)21-19(23)9-15-8-14(13(3)22)5-6-18(15)26-4/h5-8,10H,9H2,1-4H3,(H,21,23)(H,24,25). The van der Waals surface area contributed by atoms with Gasteiger partial charge in [0.2, 0.25) is 5.91 Å². The molecule has 2 N–H and O–H groups in total. The Hall–Kier alpha value is -3.15. The van der Waals surface area contributed by atoms with Crippen LogP contribution in [-0.2, 0) is 11.2 Å². The van der Waals surface area contributed by atoms with E-state index in [1.54, 1.807) is 38.1 Å². The fraction of sp³-hybridized carbons (Fsp3) is 0.250. The molecule has 0 aliphatic carbocycles. The van der Waals surface area contributed by atoms with Crippen LogP contribution in [0.15, 0.2) is 30.3 Å². The van der Waals surface area contributed by atoms with Crippen molar-refractivity contribution in [2.24, 2.45) is 0 Å². The minimum atomic E-state index is -1.05. The highest BCUT2D eigenvalue weighted by Crippen LogP contribution is 2.24. The van der Waals surface area contributed by atoms with E-state index in [4.69, 9.17) is 4.74 Å². The van der Waals surface area contributed by atoms with E-state index in [-0.39, 0.29) is 23.7 Å². The van der Waals surface area contributed by atoms with Crippen molar-refractivity contribution in [1.82, 2.24) is 0 Å². The van der Waals surface area contributed by atoms with E-state index in [1.165, 1.54) is 20.1 Å². The topological polar surface area (TPSA) is 92.7 Å². The minimum absolute atomic E-state index is 0.0000144. The van der Waals surface area contributed by atoms with Crippen LogP contribution in [0, 0.1) is 13.8 Å². The Labute approximate surface area is 151 Å². The van der Waals surface area contributed by atoms with Crippen LogP contribution in [0.25, 0.3) is 0 Å². The summed E-state index contributed by atoms with van der Waals surface area (Å²) in [5.74, 6) is -0.965. The van der Waals surface area contributed by atoms with Crippen LogP contribution < -0.4 is 10.1 Å². The second kappa shape index (κ2) is 7.82. The third-order valence-corrected chi connectivity index (χ3v) is 4.11. The molecule has 1 amide bonds. The molecule has 0 saturated heterocycles. The maximum Gasteiger partial charge on any atom is 0.336 e. The van der Waals surface area contributed by atoms with Crippen molar-refractivity contribution in [3.8, 4) is 5.75 Å². The Kier molecular flexibility index (Phi) is 5.77. The number of ketones is 1. The fourth-order valence-corrected chi connectivity index (χ4v) is 2.72. The van der Waals surface area contributed by atoms with Gasteiger partial charge in [0.1, 0.15) is 5.75 Å². The Bertz CT molecular complexity index is 886. The van der Waals surface area contributed by atoms with Gasteiger partial charge >= 0.3 is 5.97 Å². The largest absolute Gasteiger partial charge is 0.496 e. The predicted octanol–water partition coefficient (Wildman–Crippen LogP) is 3.39. The summed E-state index contributed by atoms with van der Waals surface area (Å²) in [5, 5.41) is 12.0. The molecule has 0 spiro atoms. The lowest BCUT2D eigenvalue weighted by Crippen LogP contribution is -2.17. The number of ether oxygens (including phenoxy) is 1. The summed E-state index contributed by atoms with van der Waals surface area (Å²) in [7, 11) is 1.49. The lowest BCUT2D eigenvalue weighted by atomic mass is 10.0. The van der Waals surface area contributed by atoms with Crippen molar-refractivity contribution >= 4 is 23.3 Å². The van der Waals surface area contributed by atoms with Crippen molar-refractivity contribution in [1.29, 1.82) is 0 Å². The van der Waals surface area contributed by atoms with E-state index in [0.717, 1.165) is 5.56 Å². The molecule has 0 radical (unpaired) electrons. The van der Waals surface area contributed by atoms with Crippen LogP contribution in [0.1, 0.15) is 44.3 Å². The molecule has 0 heterocycles. The van der Waals surface area contributed by atoms with E-state index in [1.807, 2.05) is 0 Å². The zero-order chi connectivity index (χ0) is 19.4. The average Bonchev–Trinajstić information content (AvgIpc) is 2.56. The number of Topliss-reactive ketones (excluding diaryl/α,β-unsaturated/α-hetero) is 1. The summed E-state index contributed by atoms with van der Waals surface area (Å²) in [6.45, 7) is 4.96. The van der Waals surface area contributed by atoms with Crippen LogP contribution in [0.3, 0.4) is 0 Å². The second-order valence-corrected chi connectivity index (χ2v) is 6.09. The first-order valence-electron chi connectivity index (χ1n) is 8.05. The third kappa shape index (κ3) is 4.27. The van der Waals surface area contributed by atoms with E-state index in [0.29, 0.717) is 28.1 Å². The molecule has 26 heavy (non-hydrogen) atoms. The average molecular weight is 355 g/mol. The van der Waals surface area contributed by atoms with Crippen LogP contribution >= 0.6 is 0 Å². The first-order valence-corrected chi connectivity index (χ1v) is 8.05. The zero-order valence-electron chi connectivity index (χ0n) is 15.2. The smallest absolute Gasteiger partial charge is 0.336 e. The molecule has 0 aliphatic heterocycles. The number of hydrogen-bond donors (Lipinski definition) is 2. The SMILES string of the molecule is COc1ccc(C(C)=O)cc1CC(=O)Nc1cc(C(=O)O)c(C)cc1C. The molecule has 136 valence electrons. The first-order chi connectivity index (χ1) is 12.2. The van der Waals surface area contributed by atoms with Gasteiger partial charge in [-0.15, -0.1) is 0 Å². The molecule has 0 saturated carbocycles. The number of aryl methyl sites for hydroxylation is 2. The molecule has 0 atom stereocenters. The number of amides is 1. The number of carbonyl (C=O) groups is 3. The lowest BCUT2D eigenvalue weighted by molar-refractivity contribution is -0.115. The van der Waals surface area contributed by atoms with E-state index < -0.39 is 5.97 Å². The Morgan fingerprint density at radius 1 is 1.08 bits per heavy atom. The van der Waals surface area contributed by atoms with Gasteiger partial charge in [0.15, 0.2) is 5.78 Å². The Morgan fingerprint density at radius 2 is 1.77 bits per heavy atom. The van der Waals surface area contributed by atoms with E-state index in [9.17, 15) is 19.5 Å². The molecule has 0 aliphatic rings. The van der Waals surface area contributed by atoms with Gasteiger partial charge in [0.25, 0.3) is 0 Å². The van der Waals surface area contributed by atoms with Gasteiger partial charge in [-0.3, -0.25) is 9.59 Å². The molecule has 6 nitrogen and oxygen atoms in total. The summed E-state index contributed by atoms with van der Waals surface area (Å²) < 4.78 is 5.25. The van der Waals surface area contributed by atoms with Crippen LogP contribution in [0.4, 0.5) is 5.69 Å². The molecule has 2 aromatic rings. The van der Waals surface area contributed by atoms with Crippen molar-refractivity contribution in [2.75, 3.05) is 12.4 Å². The molecular weight excluding hydrogens is 334 g/mol. The minimum Gasteiger partial charge on any atom is -0.496 e. The van der Waals surface area contributed by atoms with Crippen LogP contribution in [0.2, 0.25) is 0 Å². The maximum atomic E-state index is 12.5. The lowest BCUT2D eigenvalue weighted by Gasteiger charge is -2.13. The number of carbonyl (C=O) groups excluding carboxylic acids is 2. The number of hydrogen-bond acceptors (Lipinski definition) is 4. The molecule has 0 bridgehead atoms. The number of methoxy groups -OCH3 is 1. The molecule has 2 aromatic carbocycles. The van der Waals surface area contributed by atoms with Gasteiger partial charge in [-0.25, -0.2) is 4.79 Å². The Morgan fingerprint density at radius 3 is 2.35 bits per heavy atom. The number of nitrogens with one attached hydrogen (secondary N) is 1. The van der Waals surface area contributed by atoms with Gasteiger partial charge in [0, 0.05) is 16.8 Å². The van der Waals surface area contributed by atoms with Crippen molar-refractivity contribution in [3.05, 3.63) is 58.1 Å².